The van der Waals surface area contributed by atoms with Crippen LogP contribution < -0.4 is 4.90 Å². The minimum atomic E-state index is -0.297. The summed E-state index contributed by atoms with van der Waals surface area (Å²) in [5, 5.41) is 0.931. The minimum Gasteiger partial charge on any atom is -0.462 e. The number of rotatable bonds is 4. The normalized spacial score (nSPS) is 17.1. The number of morpholine rings is 1. The number of ether oxygens (including phenoxy) is 2. The molecule has 4 rings (SSSR count). The number of anilines is 1. The molecule has 6 nitrogen and oxygen atoms in total. The predicted molar refractivity (Wildman–Crippen MR) is 110 cm³/mol. The second kappa shape index (κ2) is 7.85. The van der Waals surface area contributed by atoms with Crippen LogP contribution in [-0.4, -0.2) is 42.2 Å². The Hall–Kier alpha value is -2.51. The Morgan fingerprint density at radius 2 is 2.14 bits per heavy atom. The highest BCUT2D eigenvalue weighted by molar-refractivity contribution is 7.20. The summed E-state index contributed by atoms with van der Waals surface area (Å²) < 4.78 is 11.3. The van der Waals surface area contributed by atoms with E-state index in [1.807, 2.05) is 26.0 Å². The zero-order valence-electron chi connectivity index (χ0n) is 16.3. The van der Waals surface area contributed by atoms with Gasteiger partial charge < -0.3 is 14.4 Å². The molecule has 0 N–H and O–H groups in total. The third-order valence-electron chi connectivity index (χ3n) is 5.07. The molecule has 146 valence electrons. The molecule has 3 aromatic rings. The lowest BCUT2D eigenvalue weighted by Gasteiger charge is -2.34. The van der Waals surface area contributed by atoms with E-state index in [0.29, 0.717) is 24.6 Å². The molecule has 1 aliphatic rings. The summed E-state index contributed by atoms with van der Waals surface area (Å²) in [6.45, 7) is 8.29. The number of fused-ring (bicyclic) bond motifs is 1. The van der Waals surface area contributed by atoms with Crippen LogP contribution in [0.4, 0.5) is 5.82 Å². The van der Waals surface area contributed by atoms with Crippen molar-refractivity contribution in [2.75, 3.05) is 31.2 Å². The number of aromatic nitrogens is 2. The zero-order valence-corrected chi connectivity index (χ0v) is 17.1. The van der Waals surface area contributed by atoms with Gasteiger partial charge in [-0.15, -0.1) is 11.3 Å². The van der Waals surface area contributed by atoms with Gasteiger partial charge in [0.05, 0.1) is 18.6 Å². The van der Waals surface area contributed by atoms with Crippen LogP contribution in [0.2, 0.25) is 0 Å². The van der Waals surface area contributed by atoms with Crippen molar-refractivity contribution in [2.24, 2.45) is 0 Å². The number of carbonyl (C=O) groups excluding carboxylic acids is 1. The highest BCUT2D eigenvalue weighted by Crippen LogP contribution is 2.37. The predicted octanol–water partition coefficient (Wildman–Crippen LogP) is 4.06. The fraction of sp³-hybridized carbons (Fsp3) is 0.381. The van der Waals surface area contributed by atoms with Gasteiger partial charge in [-0.1, -0.05) is 24.3 Å². The van der Waals surface area contributed by atoms with Crippen LogP contribution in [0.3, 0.4) is 0 Å². The summed E-state index contributed by atoms with van der Waals surface area (Å²) in [6.07, 6.45) is 1.56. The number of esters is 1. The van der Waals surface area contributed by atoms with Crippen molar-refractivity contribution in [2.45, 2.75) is 26.9 Å². The molecule has 0 aliphatic carbocycles. The lowest BCUT2D eigenvalue weighted by atomic mass is 10.0. The molecular weight excluding hydrogens is 374 g/mol. The molecule has 3 heterocycles. The van der Waals surface area contributed by atoms with E-state index in [1.165, 1.54) is 22.5 Å². The summed E-state index contributed by atoms with van der Waals surface area (Å²) >= 11 is 1.37. The molecule has 0 saturated carbocycles. The number of benzene rings is 1. The number of aryl methyl sites for hydroxylation is 2. The average molecular weight is 398 g/mol. The summed E-state index contributed by atoms with van der Waals surface area (Å²) in [5.41, 5.74) is 3.30. The van der Waals surface area contributed by atoms with E-state index >= 15 is 0 Å². The molecule has 0 amide bonds. The SMILES string of the molecule is CCOC(=O)c1sc2ncnc(N3CCOC(c4ccccc4C)C3)c2c1C. The quantitative estimate of drug-likeness (QED) is 0.619. The lowest BCUT2D eigenvalue weighted by Crippen LogP contribution is -2.39. The standard InChI is InChI=1S/C21H23N3O3S/c1-4-26-21(25)18-14(3)17-19(22-12-23-20(17)28-18)24-9-10-27-16(11-24)15-8-6-5-7-13(15)2/h5-8,12,16H,4,9-11H2,1-3H3. The molecule has 0 radical (unpaired) electrons. The largest absolute Gasteiger partial charge is 0.462 e. The number of thiophene rings is 1. The number of hydrogen-bond acceptors (Lipinski definition) is 7. The summed E-state index contributed by atoms with van der Waals surface area (Å²) in [6, 6.07) is 8.31. The van der Waals surface area contributed by atoms with Gasteiger partial charge in [-0.3, -0.25) is 0 Å². The Kier molecular flexibility index (Phi) is 5.28. The first-order chi connectivity index (χ1) is 13.6. The molecule has 0 spiro atoms. The number of nitrogens with zero attached hydrogens (tertiary/aromatic N) is 3. The monoisotopic (exact) mass is 397 g/mol. The van der Waals surface area contributed by atoms with E-state index in [9.17, 15) is 4.79 Å². The van der Waals surface area contributed by atoms with Gasteiger partial charge in [0.25, 0.3) is 0 Å². The van der Waals surface area contributed by atoms with Gasteiger partial charge in [-0.25, -0.2) is 14.8 Å². The van der Waals surface area contributed by atoms with Gasteiger partial charge in [-0.2, -0.15) is 0 Å². The van der Waals surface area contributed by atoms with Gasteiger partial charge in [0.2, 0.25) is 0 Å². The van der Waals surface area contributed by atoms with Crippen molar-refractivity contribution in [3.05, 3.63) is 52.2 Å². The Bertz CT molecular complexity index is 1020. The lowest BCUT2D eigenvalue weighted by molar-refractivity contribution is 0.0392. The van der Waals surface area contributed by atoms with Crippen LogP contribution >= 0.6 is 11.3 Å². The van der Waals surface area contributed by atoms with Crippen molar-refractivity contribution in [1.29, 1.82) is 0 Å². The molecule has 28 heavy (non-hydrogen) atoms. The topological polar surface area (TPSA) is 64.5 Å². The first-order valence-corrected chi connectivity index (χ1v) is 10.2. The third-order valence-corrected chi connectivity index (χ3v) is 6.25. The molecule has 7 heteroatoms. The minimum absolute atomic E-state index is 0.0107. The summed E-state index contributed by atoms with van der Waals surface area (Å²) in [4.78, 5) is 24.9. The van der Waals surface area contributed by atoms with Crippen LogP contribution in [0.25, 0.3) is 10.2 Å². The van der Waals surface area contributed by atoms with E-state index in [-0.39, 0.29) is 12.1 Å². The van der Waals surface area contributed by atoms with Crippen molar-refractivity contribution < 1.29 is 14.3 Å². The second-order valence-corrected chi connectivity index (χ2v) is 7.82. The van der Waals surface area contributed by atoms with E-state index in [1.54, 1.807) is 6.33 Å². The van der Waals surface area contributed by atoms with Crippen LogP contribution in [-0.2, 0) is 9.47 Å². The highest BCUT2D eigenvalue weighted by atomic mass is 32.1. The zero-order chi connectivity index (χ0) is 19.7. The maximum absolute atomic E-state index is 12.3. The van der Waals surface area contributed by atoms with Gasteiger partial charge in [0, 0.05) is 13.1 Å². The molecule has 1 aliphatic heterocycles. The van der Waals surface area contributed by atoms with Gasteiger partial charge >= 0.3 is 5.97 Å². The van der Waals surface area contributed by atoms with Gasteiger partial charge in [-0.05, 0) is 37.5 Å². The fourth-order valence-electron chi connectivity index (χ4n) is 3.66. The van der Waals surface area contributed by atoms with E-state index in [4.69, 9.17) is 9.47 Å². The molecular formula is C21H23N3O3S. The first kappa shape index (κ1) is 18.8. The Balaban J connectivity index is 1.70. The van der Waals surface area contributed by atoms with Crippen LogP contribution in [0.5, 0.6) is 0 Å². The third kappa shape index (κ3) is 3.36. The second-order valence-electron chi connectivity index (χ2n) is 6.82. The molecule has 0 bridgehead atoms. The van der Waals surface area contributed by atoms with Crippen LogP contribution in [0, 0.1) is 13.8 Å². The molecule has 1 aromatic carbocycles. The Morgan fingerprint density at radius 3 is 2.93 bits per heavy atom. The van der Waals surface area contributed by atoms with Gasteiger partial charge in [0.1, 0.15) is 28.0 Å². The maximum Gasteiger partial charge on any atom is 0.348 e. The van der Waals surface area contributed by atoms with Crippen molar-refractivity contribution >= 4 is 33.3 Å². The first-order valence-electron chi connectivity index (χ1n) is 9.43. The molecule has 1 unspecified atom stereocenters. The maximum atomic E-state index is 12.3. The Labute approximate surface area is 168 Å². The molecule has 1 atom stereocenters. The van der Waals surface area contributed by atoms with Crippen molar-refractivity contribution in [3.63, 3.8) is 0 Å². The van der Waals surface area contributed by atoms with Gasteiger partial charge in [0.15, 0.2) is 0 Å². The van der Waals surface area contributed by atoms with Crippen molar-refractivity contribution in [1.82, 2.24) is 9.97 Å². The van der Waals surface area contributed by atoms with Crippen LogP contribution in [0.1, 0.15) is 39.4 Å². The molecule has 1 fully saturated rings. The highest BCUT2D eigenvalue weighted by Gasteiger charge is 2.27. The molecule has 2 aromatic heterocycles. The summed E-state index contributed by atoms with van der Waals surface area (Å²) in [7, 11) is 0. The fourth-order valence-corrected chi connectivity index (χ4v) is 4.70. The number of hydrogen-bond donors (Lipinski definition) is 0. The summed E-state index contributed by atoms with van der Waals surface area (Å²) in [5.74, 6) is 0.560. The Morgan fingerprint density at radius 1 is 1.32 bits per heavy atom. The van der Waals surface area contributed by atoms with Crippen LogP contribution in [0.15, 0.2) is 30.6 Å². The van der Waals surface area contributed by atoms with E-state index in [2.05, 4.69) is 33.9 Å². The van der Waals surface area contributed by atoms with E-state index < -0.39 is 0 Å². The smallest absolute Gasteiger partial charge is 0.348 e. The van der Waals surface area contributed by atoms with E-state index in [0.717, 1.165) is 28.1 Å². The van der Waals surface area contributed by atoms with Crippen molar-refractivity contribution in [3.8, 4) is 0 Å². The molecule has 1 saturated heterocycles. The number of carbonyl (C=O) groups is 1. The average Bonchev–Trinajstić information content (AvgIpc) is 3.06.